The van der Waals surface area contributed by atoms with Crippen LogP contribution in [0, 0.1) is 0 Å². The van der Waals surface area contributed by atoms with Crippen molar-refractivity contribution < 1.29 is 17.9 Å². The molecule has 1 unspecified atom stereocenters. The number of sulfonamides is 1. The first-order valence-electron chi connectivity index (χ1n) is 8.88. The number of ether oxygens (including phenoxy) is 1. The van der Waals surface area contributed by atoms with Crippen molar-refractivity contribution in [1.29, 1.82) is 0 Å². The standard InChI is InChI=1S/C18H23N3O5S/c1-3-12(2)19-18(23)15-11-17(22)20-16-5-4-13(10-14(15)16)27(24,25)21-6-8-26-9-7-21/h4-5,10-12H,3,6-9H2,1-2H3,(H,19,23)(H,20,22). The van der Waals surface area contributed by atoms with Crippen LogP contribution in [0.2, 0.25) is 0 Å². The number of fused-ring (bicyclic) bond motifs is 1. The molecule has 0 aliphatic carbocycles. The van der Waals surface area contributed by atoms with Crippen LogP contribution in [0.3, 0.4) is 0 Å². The van der Waals surface area contributed by atoms with Crippen molar-refractivity contribution in [1.82, 2.24) is 14.6 Å². The van der Waals surface area contributed by atoms with Gasteiger partial charge in [-0.2, -0.15) is 4.31 Å². The summed E-state index contributed by atoms with van der Waals surface area (Å²) in [6.07, 6.45) is 0.740. The summed E-state index contributed by atoms with van der Waals surface area (Å²) in [6.45, 7) is 5.07. The maximum absolute atomic E-state index is 12.9. The molecular weight excluding hydrogens is 370 g/mol. The third-order valence-electron chi connectivity index (χ3n) is 4.66. The van der Waals surface area contributed by atoms with Crippen molar-refractivity contribution in [2.75, 3.05) is 26.3 Å². The average Bonchev–Trinajstić information content (AvgIpc) is 2.67. The quantitative estimate of drug-likeness (QED) is 0.790. The lowest BCUT2D eigenvalue weighted by Crippen LogP contribution is -2.40. The van der Waals surface area contributed by atoms with Gasteiger partial charge in [-0.3, -0.25) is 9.59 Å². The van der Waals surface area contributed by atoms with E-state index in [9.17, 15) is 18.0 Å². The minimum atomic E-state index is -3.70. The molecule has 2 N–H and O–H groups in total. The summed E-state index contributed by atoms with van der Waals surface area (Å²) in [5.74, 6) is -0.402. The first-order chi connectivity index (χ1) is 12.8. The molecule has 1 atom stereocenters. The minimum absolute atomic E-state index is 0.0629. The molecule has 9 heteroatoms. The maximum Gasteiger partial charge on any atom is 0.252 e. The Morgan fingerprint density at radius 3 is 2.67 bits per heavy atom. The lowest BCUT2D eigenvalue weighted by atomic mass is 10.1. The summed E-state index contributed by atoms with van der Waals surface area (Å²) >= 11 is 0. The Bertz CT molecular complexity index is 1010. The molecule has 8 nitrogen and oxygen atoms in total. The van der Waals surface area contributed by atoms with Gasteiger partial charge in [-0.15, -0.1) is 0 Å². The van der Waals surface area contributed by atoms with Gasteiger partial charge in [0.1, 0.15) is 0 Å². The number of carbonyl (C=O) groups excluding carboxylic acids is 1. The zero-order valence-corrected chi connectivity index (χ0v) is 16.1. The topological polar surface area (TPSA) is 109 Å². The van der Waals surface area contributed by atoms with Crippen molar-refractivity contribution in [3.63, 3.8) is 0 Å². The first-order valence-corrected chi connectivity index (χ1v) is 10.3. The van der Waals surface area contributed by atoms with Gasteiger partial charge in [0.15, 0.2) is 0 Å². The molecule has 2 aromatic rings. The molecule has 1 aliphatic rings. The smallest absolute Gasteiger partial charge is 0.252 e. The number of aromatic amines is 1. The second kappa shape index (κ2) is 7.79. The van der Waals surface area contributed by atoms with Crippen molar-refractivity contribution in [3.8, 4) is 0 Å². The van der Waals surface area contributed by atoms with E-state index in [1.165, 1.54) is 28.6 Å². The Hall–Kier alpha value is -2.23. The van der Waals surface area contributed by atoms with Gasteiger partial charge in [-0.1, -0.05) is 6.92 Å². The molecule has 1 amide bonds. The van der Waals surface area contributed by atoms with E-state index < -0.39 is 21.5 Å². The normalized spacial score (nSPS) is 17.0. The number of pyridine rings is 1. The highest BCUT2D eigenvalue weighted by Crippen LogP contribution is 2.23. The highest BCUT2D eigenvalue weighted by molar-refractivity contribution is 7.89. The number of amides is 1. The van der Waals surface area contributed by atoms with E-state index in [1.54, 1.807) is 0 Å². The van der Waals surface area contributed by atoms with E-state index in [-0.39, 0.29) is 29.6 Å². The number of benzene rings is 1. The summed E-state index contributed by atoms with van der Waals surface area (Å²) in [4.78, 5) is 27.3. The van der Waals surface area contributed by atoms with Crippen LogP contribution in [0.5, 0.6) is 0 Å². The SMILES string of the molecule is CCC(C)NC(=O)c1cc(=O)[nH]c2ccc(S(=O)(=O)N3CCOCC3)cc12. The monoisotopic (exact) mass is 393 g/mol. The van der Waals surface area contributed by atoms with Crippen LogP contribution in [0.1, 0.15) is 30.6 Å². The number of H-pyrrole nitrogens is 1. The number of carbonyl (C=O) groups is 1. The predicted octanol–water partition coefficient (Wildman–Crippen LogP) is 1.08. The van der Waals surface area contributed by atoms with Crippen molar-refractivity contribution in [3.05, 3.63) is 40.2 Å². The fourth-order valence-corrected chi connectivity index (χ4v) is 4.36. The highest BCUT2D eigenvalue weighted by Gasteiger charge is 2.27. The Morgan fingerprint density at radius 1 is 1.30 bits per heavy atom. The van der Waals surface area contributed by atoms with E-state index in [2.05, 4.69) is 10.3 Å². The van der Waals surface area contributed by atoms with E-state index in [0.29, 0.717) is 24.1 Å². The molecule has 0 radical (unpaired) electrons. The Morgan fingerprint density at radius 2 is 2.00 bits per heavy atom. The van der Waals surface area contributed by atoms with Crippen LogP contribution >= 0.6 is 0 Å². The highest BCUT2D eigenvalue weighted by atomic mass is 32.2. The molecular formula is C18H23N3O5S. The Labute approximate surface area is 157 Å². The molecule has 0 bridgehead atoms. The molecule has 3 rings (SSSR count). The number of hydrogen-bond donors (Lipinski definition) is 2. The molecule has 1 fully saturated rings. The van der Waals surface area contributed by atoms with Crippen LogP contribution < -0.4 is 10.9 Å². The molecule has 0 saturated carbocycles. The average molecular weight is 393 g/mol. The summed E-state index contributed by atoms with van der Waals surface area (Å²) in [5, 5.41) is 3.21. The molecule has 27 heavy (non-hydrogen) atoms. The van der Waals surface area contributed by atoms with E-state index >= 15 is 0 Å². The second-order valence-corrected chi connectivity index (χ2v) is 8.49. The van der Waals surface area contributed by atoms with Gasteiger partial charge in [0, 0.05) is 36.1 Å². The van der Waals surface area contributed by atoms with Gasteiger partial charge in [-0.25, -0.2) is 8.42 Å². The zero-order chi connectivity index (χ0) is 19.6. The van der Waals surface area contributed by atoms with Crippen LogP contribution in [0.15, 0.2) is 34.0 Å². The first kappa shape index (κ1) is 19.5. The van der Waals surface area contributed by atoms with Gasteiger partial charge in [0.05, 0.1) is 23.7 Å². The molecule has 1 aromatic heterocycles. The number of morpholine rings is 1. The zero-order valence-electron chi connectivity index (χ0n) is 15.3. The van der Waals surface area contributed by atoms with Gasteiger partial charge in [0.25, 0.3) is 5.91 Å². The largest absolute Gasteiger partial charge is 0.379 e. The van der Waals surface area contributed by atoms with Crippen LogP contribution in [0.25, 0.3) is 10.9 Å². The van der Waals surface area contributed by atoms with Gasteiger partial charge in [-0.05, 0) is 31.5 Å². The number of aromatic nitrogens is 1. The number of rotatable bonds is 5. The minimum Gasteiger partial charge on any atom is -0.379 e. The van der Waals surface area contributed by atoms with Crippen LogP contribution in [-0.2, 0) is 14.8 Å². The molecule has 1 aliphatic heterocycles. The third kappa shape index (κ3) is 4.05. The fraction of sp³-hybridized carbons (Fsp3) is 0.444. The third-order valence-corrected chi connectivity index (χ3v) is 6.55. The molecule has 2 heterocycles. The molecule has 0 spiro atoms. The van der Waals surface area contributed by atoms with Crippen molar-refractivity contribution >= 4 is 26.8 Å². The van der Waals surface area contributed by atoms with E-state index in [1.807, 2.05) is 13.8 Å². The molecule has 146 valence electrons. The summed E-state index contributed by atoms with van der Waals surface area (Å²) < 4.78 is 32.4. The second-order valence-electron chi connectivity index (χ2n) is 6.55. The van der Waals surface area contributed by atoms with Crippen molar-refractivity contribution in [2.45, 2.75) is 31.2 Å². The lowest BCUT2D eigenvalue weighted by molar-refractivity contribution is 0.0730. The number of hydrogen-bond acceptors (Lipinski definition) is 5. The van der Waals surface area contributed by atoms with E-state index in [0.717, 1.165) is 6.42 Å². The lowest BCUT2D eigenvalue weighted by Gasteiger charge is -2.26. The fourth-order valence-electron chi connectivity index (χ4n) is 2.92. The van der Waals surface area contributed by atoms with Gasteiger partial charge < -0.3 is 15.0 Å². The summed E-state index contributed by atoms with van der Waals surface area (Å²) in [7, 11) is -3.70. The van der Waals surface area contributed by atoms with Crippen molar-refractivity contribution in [2.24, 2.45) is 0 Å². The van der Waals surface area contributed by atoms with Gasteiger partial charge in [0.2, 0.25) is 15.6 Å². The molecule has 1 saturated heterocycles. The Kier molecular flexibility index (Phi) is 5.64. The molecule has 1 aromatic carbocycles. The van der Waals surface area contributed by atoms with Gasteiger partial charge >= 0.3 is 0 Å². The van der Waals surface area contributed by atoms with Crippen LogP contribution in [-0.4, -0.2) is 56.0 Å². The Balaban J connectivity index is 2.08. The number of nitrogens with zero attached hydrogens (tertiary/aromatic N) is 1. The van der Waals surface area contributed by atoms with Crippen LogP contribution in [0.4, 0.5) is 0 Å². The predicted molar refractivity (Wildman–Crippen MR) is 101 cm³/mol. The maximum atomic E-state index is 12.9. The van der Waals surface area contributed by atoms with E-state index in [4.69, 9.17) is 4.74 Å². The summed E-state index contributed by atoms with van der Waals surface area (Å²) in [6, 6.07) is 5.54. The number of nitrogens with one attached hydrogen (secondary N) is 2. The summed E-state index contributed by atoms with van der Waals surface area (Å²) in [5.41, 5.74) is 0.159.